The molecule has 30 heavy (non-hydrogen) atoms. The van der Waals surface area contributed by atoms with Gasteiger partial charge in [-0.05, 0) is 48.5 Å². The monoisotopic (exact) mass is 407 g/mol. The molecule has 2 aromatic carbocycles. The summed E-state index contributed by atoms with van der Waals surface area (Å²) in [5.74, 6) is 1.98. The second-order valence-electron chi connectivity index (χ2n) is 6.25. The first kappa shape index (κ1) is 20.9. The van der Waals surface area contributed by atoms with Crippen molar-refractivity contribution < 1.29 is 28.5 Å². The van der Waals surface area contributed by atoms with Gasteiger partial charge in [0.05, 0.1) is 25.6 Å². The zero-order valence-electron chi connectivity index (χ0n) is 16.7. The molecule has 0 atom stereocenters. The van der Waals surface area contributed by atoms with Crippen LogP contribution in [0, 0.1) is 0 Å². The molecule has 0 aliphatic rings. The van der Waals surface area contributed by atoms with Crippen molar-refractivity contribution in [3.8, 4) is 23.0 Å². The lowest BCUT2D eigenvalue weighted by Gasteiger charge is -2.13. The highest BCUT2D eigenvalue weighted by Crippen LogP contribution is 2.29. The minimum absolute atomic E-state index is 0.191. The SMILES string of the molecule is COc1ccc(C=O)cc1OCc1cccc(COc2cc(C=O)ccc2OC)n1. The Morgan fingerprint density at radius 2 is 1.17 bits per heavy atom. The molecular formula is C23H21NO6. The molecule has 0 saturated heterocycles. The van der Waals surface area contributed by atoms with Gasteiger partial charge in [0.25, 0.3) is 0 Å². The first-order valence-electron chi connectivity index (χ1n) is 9.13. The fraction of sp³-hybridized carbons (Fsp3) is 0.174. The van der Waals surface area contributed by atoms with Crippen LogP contribution in [-0.2, 0) is 13.2 Å². The summed E-state index contributed by atoms with van der Waals surface area (Å²) < 4.78 is 22.1. The van der Waals surface area contributed by atoms with Gasteiger partial charge in [-0.1, -0.05) is 6.07 Å². The van der Waals surface area contributed by atoms with Gasteiger partial charge in [-0.25, -0.2) is 0 Å². The largest absolute Gasteiger partial charge is 0.493 e. The number of methoxy groups -OCH3 is 2. The number of carbonyl (C=O) groups is 2. The lowest BCUT2D eigenvalue weighted by molar-refractivity contribution is 0.111. The maximum atomic E-state index is 11.0. The molecule has 0 radical (unpaired) electrons. The molecule has 0 aliphatic heterocycles. The van der Waals surface area contributed by atoms with Crippen molar-refractivity contribution in [2.45, 2.75) is 13.2 Å². The highest BCUT2D eigenvalue weighted by Gasteiger charge is 2.09. The number of hydrogen-bond acceptors (Lipinski definition) is 7. The number of rotatable bonds is 10. The van der Waals surface area contributed by atoms with Gasteiger partial charge in [0, 0.05) is 11.1 Å². The van der Waals surface area contributed by atoms with Crippen LogP contribution in [-0.4, -0.2) is 31.8 Å². The number of nitrogens with zero attached hydrogens (tertiary/aromatic N) is 1. The van der Waals surface area contributed by atoms with Gasteiger partial charge in [-0.3, -0.25) is 14.6 Å². The molecule has 0 bridgehead atoms. The predicted octanol–water partition coefficient (Wildman–Crippen LogP) is 3.88. The molecule has 1 aromatic heterocycles. The Bertz CT molecular complexity index is 955. The third-order valence-corrected chi connectivity index (χ3v) is 4.26. The summed E-state index contributed by atoms with van der Waals surface area (Å²) in [5, 5.41) is 0. The smallest absolute Gasteiger partial charge is 0.162 e. The number of aldehydes is 2. The van der Waals surface area contributed by atoms with E-state index in [9.17, 15) is 9.59 Å². The van der Waals surface area contributed by atoms with E-state index in [0.717, 1.165) is 12.6 Å². The summed E-state index contributed by atoms with van der Waals surface area (Å²) in [6, 6.07) is 15.4. The zero-order chi connectivity index (χ0) is 21.3. The average Bonchev–Trinajstić information content (AvgIpc) is 2.81. The average molecular weight is 407 g/mol. The molecule has 0 aliphatic carbocycles. The van der Waals surface area contributed by atoms with E-state index in [1.807, 2.05) is 18.2 Å². The predicted molar refractivity (Wildman–Crippen MR) is 110 cm³/mol. The quantitative estimate of drug-likeness (QED) is 0.472. The number of aromatic nitrogens is 1. The van der Waals surface area contributed by atoms with Crippen LogP contribution in [0.3, 0.4) is 0 Å². The van der Waals surface area contributed by atoms with Gasteiger partial charge in [0.2, 0.25) is 0 Å². The molecule has 0 spiro atoms. The molecule has 3 rings (SSSR count). The van der Waals surface area contributed by atoms with E-state index in [1.54, 1.807) is 36.4 Å². The van der Waals surface area contributed by atoms with E-state index in [-0.39, 0.29) is 13.2 Å². The summed E-state index contributed by atoms with van der Waals surface area (Å²) in [6.45, 7) is 0.382. The Hall–Kier alpha value is -3.87. The van der Waals surface area contributed by atoms with Crippen molar-refractivity contribution in [2.75, 3.05) is 14.2 Å². The highest BCUT2D eigenvalue weighted by atomic mass is 16.5. The summed E-state index contributed by atoms with van der Waals surface area (Å²) in [4.78, 5) is 26.5. The highest BCUT2D eigenvalue weighted by molar-refractivity contribution is 5.77. The molecule has 0 saturated carbocycles. The minimum atomic E-state index is 0.191. The molecule has 7 nitrogen and oxygen atoms in total. The van der Waals surface area contributed by atoms with Gasteiger partial charge < -0.3 is 18.9 Å². The maximum absolute atomic E-state index is 11.0. The fourth-order valence-corrected chi connectivity index (χ4v) is 2.75. The second kappa shape index (κ2) is 10.1. The third kappa shape index (κ3) is 5.14. The van der Waals surface area contributed by atoms with E-state index in [1.165, 1.54) is 14.2 Å². The molecule has 154 valence electrons. The molecule has 0 fully saturated rings. The number of carbonyl (C=O) groups excluding carboxylic acids is 2. The summed E-state index contributed by atoms with van der Waals surface area (Å²) in [5.41, 5.74) is 2.35. The summed E-state index contributed by atoms with van der Waals surface area (Å²) >= 11 is 0. The number of benzene rings is 2. The Morgan fingerprint density at radius 3 is 1.57 bits per heavy atom. The van der Waals surface area contributed by atoms with Crippen LogP contribution in [0.15, 0.2) is 54.6 Å². The number of ether oxygens (including phenoxy) is 4. The number of hydrogen-bond donors (Lipinski definition) is 0. The third-order valence-electron chi connectivity index (χ3n) is 4.26. The molecular weight excluding hydrogens is 386 g/mol. The lowest BCUT2D eigenvalue weighted by atomic mass is 10.2. The first-order chi connectivity index (χ1) is 14.7. The van der Waals surface area contributed by atoms with Crippen molar-refractivity contribution in [3.63, 3.8) is 0 Å². The van der Waals surface area contributed by atoms with E-state index in [2.05, 4.69) is 4.98 Å². The van der Waals surface area contributed by atoms with Gasteiger partial charge in [0.1, 0.15) is 25.8 Å². The minimum Gasteiger partial charge on any atom is -0.493 e. The van der Waals surface area contributed by atoms with Crippen LogP contribution in [0.5, 0.6) is 23.0 Å². The molecule has 0 N–H and O–H groups in total. The van der Waals surface area contributed by atoms with Crippen molar-refractivity contribution in [1.29, 1.82) is 0 Å². The Morgan fingerprint density at radius 1 is 0.700 bits per heavy atom. The Balaban J connectivity index is 1.69. The van der Waals surface area contributed by atoms with Crippen molar-refractivity contribution >= 4 is 12.6 Å². The van der Waals surface area contributed by atoms with E-state index >= 15 is 0 Å². The second-order valence-corrected chi connectivity index (χ2v) is 6.25. The van der Waals surface area contributed by atoms with E-state index in [4.69, 9.17) is 18.9 Å². The van der Waals surface area contributed by atoms with E-state index < -0.39 is 0 Å². The van der Waals surface area contributed by atoms with Crippen molar-refractivity contribution in [1.82, 2.24) is 4.98 Å². The summed E-state index contributed by atoms with van der Waals surface area (Å²) in [6.07, 6.45) is 1.49. The fourth-order valence-electron chi connectivity index (χ4n) is 2.75. The zero-order valence-corrected chi connectivity index (χ0v) is 16.7. The molecule has 0 amide bonds. The van der Waals surface area contributed by atoms with Crippen molar-refractivity contribution in [2.24, 2.45) is 0 Å². The Kier molecular flexibility index (Phi) is 7.00. The molecule has 0 unspecified atom stereocenters. The standard InChI is InChI=1S/C23H21NO6/c1-27-20-8-6-16(12-25)10-22(20)29-14-18-4-3-5-19(24-18)15-30-23-11-17(13-26)7-9-21(23)28-2/h3-13H,14-15H2,1-2H3. The summed E-state index contributed by atoms with van der Waals surface area (Å²) in [7, 11) is 3.07. The molecule has 7 heteroatoms. The van der Waals surface area contributed by atoms with E-state index in [0.29, 0.717) is 45.5 Å². The van der Waals surface area contributed by atoms with Crippen LogP contribution in [0.25, 0.3) is 0 Å². The van der Waals surface area contributed by atoms with Crippen LogP contribution in [0.4, 0.5) is 0 Å². The van der Waals surface area contributed by atoms with Crippen LogP contribution in [0.2, 0.25) is 0 Å². The van der Waals surface area contributed by atoms with Gasteiger partial charge in [0.15, 0.2) is 23.0 Å². The van der Waals surface area contributed by atoms with Crippen LogP contribution < -0.4 is 18.9 Å². The van der Waals surface area contributed by atoms with Crippen LogP contribution in [0.1, 0.15) is 32.1 Å². The van der Waals surface area contributed by atoms with Crippen molar-refractivity contribution in [3.05, 3.63) is 77.1 Å². The molecule has 1 heterocycles. The topological polar surface area (TPSA) is 84.0 Å². The molecule has 3 aromatic rings. The maximum Gasteiger partial charge on any atom is 0.162 e. The van der Waals surface area contributed by atoms with Gasteiger partial charge >= 0.3 is 0 Å². The van der Waals surface area contributed by atoms with Gasteiger partial charge in [-0.2, -0.15) is 0 Å². The normalized spacial score (nSPS) is 10.2. The first-order valence-corrected chi connectivity index (χ1v) is 9.13. The Labute approximate surface area is 174 Å². The number of pyridine rings is 1. The van der Waals surface area contributed by atoms with Gasteiger partial charge in [-0.15, -0.1) is 0 Å². The lowest BCUT2D eigenvalue weighted by Crippen LogP contribution is -2.05. The van der Waals surface area contributed by atoms with Crippen LogP contribution >= 0.6 is 0 Å².